The highest BCUT2D eigenvalue weighted by molar-refractivity contribution is 5.17. The molecule has 0 saturated heterocycles. The summed E-state index contributed by atoms with van der Waals surface area (Å²) in [5.41, 5.74) is 3.21. The van der Waals surface area contributed by atoms with E-state index >= 15 is 0 Å². The smallest absolute Gasteiger partial charge is 0.309 e. The van der Waals surface area contributed by atoms with Gasteiger partial charge in [0.25, 0.3) is 0 Å². The van der Waals surface area contributed by atoms with E-state index in [0.29, 0.717) is 6.01 Å². The maximum absolute atomic E-state index is 5.01. The Morgan fingerprint density at radius 3 is 3.00 bits per heavy atom. The third-order valence-corrected chi connectivity index (χ3v) is 1.04. The highest BCUT2D eigenvalue weighted by atomic mass is 16.4. The number of aryl methyl sites for hydroxylation is 1. The molecule has 9 heavy (non-hydrogen) atoms. The SMILES string of the molecule is CCc1coc(NN)n1. The van der Waals surface area contributed by atoms with Crippen molar-refractivity contribution in [1.29, 1.82) is 0 Å². The summed E-state index contributed by atoms with van der Waals surface area (Å²) in [5, 5.41) is 0. The molecule has 0 aliphatic heterocycles. The predicted octanol–water partition coefficient (Wildman–Crippen LogP) is 0.523. The second-order valence-corrected chi connectivity index (χ2v) is 1.64. The molecule has 0 bridgehead atoms. The van der Waals surface area contributed by atoms with Gasteiger partial charge in [-0.3, -0.25) is 5.43 Å². The van der Waals surface area contributed by atoms with Gasteiger partial charge in [0.15, 0.2) is 0 Å². The Bertz CT molecular complexity index is 166. The molecule has 4 nitrogen and oxygen atoms in total. The van der Waals surface area contributed by atoms with E-state index in [9.17, 15) is 0 Å². The van der Waals surface area contributed by atoms with Crippen LogP contribution in [0.25, 0.3) is 0 Å². The summed E-state index contributed by atoms with van der Waals surface area (Å²) in [6, 6.07) is 0.367. The van der Waals surface area contributed by atoms with Crippen LogP contribution in [-0.4, -0.2) is 4.98 Å². The van der Waals surface area contributed by atoms with Gasteiger partial charge in [-0.15, -0.1) is 0 Å². The van der Waals surface area contributed by atoms with Gasteiger partial charge in [0.05, 0.1) is 5.69 Å². The molecule has 1 rings (SSSR count). The topological polar surface area (TPSA) is 64.1 Å². The molecule has 50 valence electrons. The van der Waals surface area contributed by atoms with Crippen molar-refractivity contribution in [3.05, 3.63) is 12.0 Å². The van der Waals surface area contributed by atoms with Crippen LogP contribution in [-0.2, 0) is 6.42 Å². The lowest BCUT2D eigenvalue weighted by Gasteiger charge is -1.85. The van der Waals surface area contributed by atoms with E-state index in [1.165, 1.54) is 0 Å². The van der Waals surface area contributed by atoms with Crippen molar-refractivity contribution >= 4 is 6.01 Å². The normalized spacial score (nSPS) is 9.56. The Hall–Kier alpha value is -1.03. The fourth-order valence-electron chi connectivity index (χ4n) is 0.536. The first-order chi connectivity index (χ1) is 4.36. The Morgan fingerprint density at radius 1 is 1.89 bits per heavy atom. The lowest BCUT2D eigenvalue weighted by Crippen LogP contribution is -2.06. The van der Waals surface area contributed by atoms with E-state index in [4.69, 9.17) is 10.3 Å². The molecule has 0 amide bonds. The molecular weight excluding hydrogens is 118 g/mol. The van der Waals surface area contributed by atoms with Crippen LogP contribution in [0.15, 0.2) is 10.7 Å². The number of rotatable bonds is 2. The maximum Gasteiger partial charge on any atom is 0.309 e. The van der Waals surface area contributed by atoms with Crippen LogP contribution in [0.4, 0.5) is 6.01 Å². The van der Waals surface area contributed by atoms with E-state index in [-0.39, 0.29) is 0 Å². The van der Waals surface area contributed by atoms with Gasteiger partial charge < -0.3 is 4.42 Å². The standard InChI is InChI=1S/C5H9N3O/c1-2-4-3-9-5(7-4)8-6/h3H,2,6H2,1H3,(H,7,8). The highest BCUT2D eigenvalue weighted by Crippen LogP contribution is 2.04. The number of nitrogens with one attached hydrogen (secondary N) is 1. The molecule has 3 N–H and O–H groups in total. The minimum absolute atomic E-state index is 0.367. The van der Waals surface area contributed by atoms with Gasteiger partial charge in [-0.05, 0) is 6.42 Å². The number of aromatic nitrogens is 1. The van der Waals surface area contributed by atoms with E-state index in [1.807, 2.05) is 6.92 Å². The Balaban J connectivity index is 2.74. The van der Waals surface area contributed by atoms with Crippen molar-refractivity contribution in [1.82, 2.24) is 4.98 Å². The van der Waals surface area contributed by atoms with Crippen molar-refractivity contribution in [2.24, 2.45) is 5.84 Å². The Labute approximate surface area is 53.0 Å². The molecule has 0 radical (unpaired) electrons. The van der Waals surface area contributed by atoms with E-state index in [1.54, 1.807) is 6.26 Å². The predicted molar refractivity (Wildman–Crippen MR) is 33.7 cm³/mol. The number of nitrogens with zero attached hydrogens (tertiary/aromatic N) is 1. The van der Waals surface area contributed by atoms with Crippen LogP contribution in [0.1, 0.15) is 12.6 Å². The van der Waals surface area contributed by atoms with Gasteiger partial charge in [0, 0.05) is 0 Å². The summed E-state index contributed by atoms with van der Waals surface area (Å²) in [7, 11) is 0. The molecule has 0 aliphatic carbocycles. The molecule has 0 aliphatic rings. The van der Waals surface area contributed by atoms with E-state index in [2.05, 4.69) is 10.4 Å². The minimum atomic E-state index is 0.367. The van der Waals surface area contributed by atoms with Gasteiger partial charge in [0.1, 0.15) is 6.26 Å². The Kier molecular flexibility index (Phi) is 1.69. The summed E-state index contributed by atoms with van der Waals surface area (Å²) in [6.45, 7) is 2.00. The lowest BCUT2D eigenvalue weighted by molar-refractivity contribution is 0.571. The van der Waals surface area contributed by atoms with Gasteiger partial charge in [-0.25, -0.2) is 5.84 Å². The summed E-state index contributed by atoms with van der Waals surface area (Å²) < 4.78 is 4.86. The van der Waals surface area contributed by atoms with Crippen molar-refractivity contribution < 1.29 is 4.42 Å². The largest absolute Gasteiger partial charge is 0.431 e. The van der Waals surface area contributed by atoms with Crippen LogP contribution in [0.3, 0.4) is 0 Å². The second kappa shape index (κ2) is 2.50. The number of nitrogen functional groups attached to an aromatic ring is 1. The zero-order chi connectivity index (χ0) is 6.69. The van der Waals surface area contributed by atoms with Crippen LogP contribution >= 0.6 is 0 Å². The molecule has 1 heterocycles. The Morgan fingerprint density at radius 2 is 2.67 bits per heavy atom. The van der Waals surface area contributed by atoms with Gasteiger partial charge in [0.2, 0.25) is 0 Å². The zero-order valence-corrected chi connectivity index (χ0v) is 5.22. The van der Waals surface area contributed by atoms with E-state index in [0.717, 1.165) is 12.1 Å². The molecule has 0 fully saturated rings. The molecule has 1 aromatic rings. The van der Waals surface area contributed by atoms with Crippen LogP contribution in [0, 0.1) is 0 Å². The average molecular weight is 127 g/mol. The van der Waals surface area contributed by atoms with Gasteiger partial charge >= 0.3 is 6.01 Å². The molecular formula is C5H9N3O. The monoisotopic (exact) mass is 127 g/mol. The second-order valence-electron chi connectivity index (χ2n) is 1.64. The first kappa shape index (κ1) is 6.10. The summed E-state index contributed by atoms with van der Waals surface area (Å²) in [6.07, 6.45) is 2.44. The van der Waals surface area contributed by atoms with E-state index < -0.39 is 0 Å². The number of hydrogen-bond acceptors (Lipinski definition) is 4. The lowest BCUT2D eigenvalue weighted by atomic mass is 10.4. The summed E-state index contributed by atoms with van der Waals surface area (Å²) >= 11 is 0. The molecule has 4 heteroatoms. The van der Waals surface area contributed by atoms with Crippen molar-refractivity contribution in [3.8, 4) is 0 Å². The van der Waals surface area contributed by atoms with Crippen molar-refractivity contribution in [3.63, 3.8) is 0 Å². The summed E-state index contributed by atoms with van der Waals surface area (Å²) in [5.74, 6) is 5.01. The van der Waals surface area contributed by atoms with Crippen LogP contribution in [0.5, 0.6) is 0 Å². The summed E-state index contributed by atoms with van der Waals surface area (Å²) in [4.78, 5) is 3.94. The number of hydrazine groups is 1. The molecule has 0 unspecified atom stereocenters. The number of anilines is 1. The first-order valence-corrected chi connectivity index (χ1v) is 2.78. The van der Waals surface area contributed by atoms with Gasteiger partial charge in [-0.1, -0.05) is 6.92 Å². The molecule has 0 spiro atoms. The average Bonchev–Trinajstić information content (AvgIpc) is 2.34. The third kappa shape index (κ3) is 1.20. The highest BCUT2D eigenvalue weighted by Gasteiger charge is 1.96. The molecule has 0 atom stereocenters. The molecule has 1 aromatic heterocycles. The molecule has 0 saturated carbocycles. The first-order valence-electron chi connectivity index (χ1n) is 2.78. The minimum Gasteiger partial charge on any atom is -0.431 e. The van der Waals surface area contributed by atoms with Gasteiger partial charge in [-0.2, -0.15) is 4.98 Å². The fraction of sp³-hybridized carbons (Fsp3) is 0.400. The number of nitrogens with two attached hydrogens (primary N) is 1. The quantitative estimate of drug-likeness (QED) is 0.449. The van der Waals surface area contributed by atoms with Crippen LogP contribution in [0.2, 0.25) is 0 Å². The number of oxazole rings is 1. The molecule has 0 aromatic carbocycles. The maximum atomic E-state index is 5.01. The fourth-order valence-corrected chi connectivity index (χ4v) is 0.536. The third-order valence-electron chi connectivity index (χ3n) is 1.04. The number of hydrogen-bond donors (Lipinski definition) is 2. The van der Waals surface area contributed by atoms with Crippen molar-refractivity contribution in [2.45, 2.75) is 13.3 Å². The zero-order valence-electron chi connectivity index (χ0n) is 5.22. The van der Waals surface area contributed by atoms with Crippen molar-refractivity contribution in [2.75, 3.05) is 5.43 Å². The van der Waals surface area contributed by atoms with Crippen LogP contribution < -0.4 is 11.3 Å².